The average Bonchev–Trinajstić information content (AvgIpc) is 3.58. The van der Waals surface area contributed by atoms with E-state index >= 15 is 0 Å². The van der Waals surface area contributed by atoms with Gasteiger partial charge in [-0.2, -0.15) is 31.4 Å². The maximum absolute atomic E-state index is 10.6. The first-order valence-electron chi connectivity index (χ1n) is 11.9. The average molecular weight is 604 g/mol. The van der Waals surface area contributed by atoms with Crippen molar-refractivity contribution in [2.45, 2.75) is 37.7 Å². The molecule has 0 saturated carbocycles. The number of aromatic nitrogens is 4. The molecule has 4 aromatic rings. The first kappa shape index (κ1) is 31.5. The minimum atomic E-state index is -5.08. The first-order valence-corrected chi connectivity index (χ1v) is 12.7. The van der Waals surface area contributed by atoms with Crippen molar-refractivity contribution in [3.63, 3.8) is 0 Å². The molecule has 1 aliphatic rings. The third-order valence-electron chi connectivity index (χ3n) is 5.68. The number of rotatable bonds is 4. The van der Waals surface area contributed by atoms with E-state index in [0.717, 1.165) is 48.7 Å². The van der Waals surface area contributed by atoms with E-state index in [1.807, 2.05) is 40.4 Å². The van der Waals surface area contributed by atoms with Gasteiger partial charge in [-0.3, -0.25) is 9.88 Å². The van der Waals surface area contributed by atoms with Gasteiger partial charge in [0, 0.05) is 48.0 Å². The molecule has 9 nitrogen and oxygen atoms in total. The lowest BCUT2D eigenvalue weighted by molar-refractivity contribution is -0.193. The Morgan fingerprint density at radius 3 is 2.15 bits per heavy atom. The summed E-state index contributed by atoms with van der Waals surface area (Å²) in [5.74, 6) is -4.14. The Bertz CT molecular complexity index is 1400. The molecular weight excluding hydrogens is 580 g/mol. The maximum Gasteiger partial charge on any atom is 0.490 e. The van der Waals surface area contributed by atoms with Crippen molar-refractivity contribution < 1.29 is 46.1 Å². The number of carbonyl (C=O) groups is 2. The van der Waals surface area contributed by atoms with Crippen molar-refractivity contribution >= 4 is 28.9 Å². The number of hydrogen-bond acceptors (Lipinski definition) is 7. The topological polar surface area (TPSA) is 121 Å². The predicted molar refractivity (Wildman–Crippen MR) is 135 cm³/mol. The molecule has 0 radical (unpaired) electrons. The number of pyridine rings is 2. The molecule has 1 aliphatic heterocycles. The quantitative estimate of drug-likeness (QED) is 0.294. The van der Waals surface area contributed by atoms with E-state index in [9.17, 15) is 26.3 Å². The summed E-state index contributed by atoms with van der Waals surface area (Å²) in [5.41, 5.74) is 3.19. The molecule has 1 unspecified atom stereocenters. The highest BCUT2D eigenvalue weighted by Crippen LogP contribution is 2.27. The van der Waals surface area contributed by atoms with E-state index in [1.165, 1.54) is 11.3 Å². The van der Waals surface area contributed by atoms with Crippen LogP contribution in [0.3, 0.4) is 0 Å². The van der Waals surface area contributed by atoms with Gasteiger partial charge in [-0.05, 0) is 60.7 Å². The Morgan fingerprint density at radius 1 is 0.951 bits per heavy atom. The number of fused-ring (bicyclic) bond motifs is 1. The van der Waals surface area contributed by atoms with E-state index in [4.69, 9.17) is 29.9 Å². The van der Waals surface area contributed by atoms with Crippen LogP contribution in [-0.2, 0) is 16.1 Å². The second kappa shape index (κ2) is 13.5. The summed E-state index contributed by atoms with van der Waals surface area (Å²) in [6.07, 6.45) is -2.11. The van der Waals surface area contributed by atoms with Crippen LogP contribution in [0.5, 0.6) is 0 Å². The molecule has 0 amide bonds. The van der Waals surface area contributed by atoms with E-state index in [2.05, 4.69) is 45.7 Å². The standard InChI is InChI=1S/C21H21N5S.2C2HF3O2/c1-3-18(13-25(11-1)15-19-4-2-12-27-19)21-23-20-6-5-17(14-26(20)24-21)16-7-9-22-10-8-16;2*3-2(4,5)1(6)7/h2,4-10,12,14,18H,1,3,11,13,15H2;2*(H,6,7). The van der Waals surface area contributed by atoms with Crippen molar-refractivity contribution in [2.75, 3.05) is 13.1 Å². The number of carboxylic acid groups (broad SMARTS) is 2. The van der Waals surface area contributed by atoms with E-state index in [-0.39, 0.29) is 0 Å². The molecule has 0 spiro atoms. The van der Waals surface area contributed by atoms with Crippen LogP contribution in [0.25, 0.3) is 16.8 Å². The third-order valence-corrected chi connectivity index (χ3v) is 6.54. The highest BCUT2D eigenvalue weighted by molar-refractivity contribution is 7.09. The van der Waals surface area contributed by atoms with E-state index in [0.29, 0.717) is 5.92 Å². The van der Waals surface area contributed by atoms with Crippen molar-refractivity contribution in [3.05, 3.63) is 71.1 Å². The van der Waals surface area contributed by atoms with Crippen LogP contribution in [0.15, 0.2) is 60.4 Å². The van der Waals surface area contributed by atoms with Gasteiger partial charge in [0.25, 0.3) is 0 Å². The van der Waals surface area contributed by atoms with Gasteiger partial charge in [-0.15, -0.1) is 11.3 Å². The van der Waals surface area contributed by atoms with Gasteiger partial charge in [0.2, 0.25) is 0 Å². The lowest BCUT2D eigenvalue weighted by Crippen LogP contribution is -2.34. The number of alkyl halides is 6. The zero-order valence-electron chi connectivity index (χ0n) is 21.0. The maximum atomic E-state index is 10.6. The van der Waals surface area contributed by atoms with Gasteiger partial charge in [0.05, 0.1) is 0 Å². The molecule has 0 aromatic carbocycles. The first-order chi connectivity index (χ1) is 19.2. The van der Waals surface area contributed by atoms with Crippen LogP contribution in [0.2, 0.25) is 0 Å². The molecular formula is C25H23F6N5O4S. The fourth-order valence-corrected chi connectivity index (χ4v) is 4.57. The Morgan fingerprint density at radius 2 is 1.59 bits per heavy atom. The number of halogens is 6. The summed E-state index contributed by atoms with van der Waals surface area (Å²) < 4.78 is 65.4. The summed E-state index contributed by atoms with van der Waals surface area (Å²) >= 11 is 1.84. The van der Waals surface area contributed by atoms with Crippen molar-refractivity contribution in [3.8, 4) is 11.1 Å². The second-order valence-electron chi connectivity index (χ2n) is 8.69. The van der Waals surface area contributed by atoms with Gasteiger partial charge < -0.3 is 10.2 Å². The molecule has 16 heteroatoms. The summed E-state index contributed by atoms with van der Waals surface area (Å²) in [6.45, 7) is 3.23. The van der Waals surface area contributed by atoms with Crippen LogP contribution < -0.4 is 0 Å². The molecule has 41 heavy (non-hydrogen) atoms. The molecule has 1 atom stereocenters. The normalized spacial score (nSPS) is 15.8. The summed E-state index contributed by atoms with van der Waals surface area (Å²) in [5, 5.41) is 21.2. The smallest absolute Gasteiger partial charge is 0.475 e. The molecule has 220 valence electrons. The van der Waals surface area contributed by atoms with Crippen LogP contribution >= 0.6 is 11.3 Å². The minimum absolute atomic E-state index is 0.406. The largest absolute Gasteiger partial charge is 0.490 e. The number of carboxylic acids is 2. The van der Waals surface area contributed by atoms with Gasteiger partial charge in [-0.1, -0.05) is 6.07 Å². The molecule has 2 N–H and O–H groups in total. The number of aliphatic carboxylic acids is 2. The number of hydrogen-bond donors (Lipinski definition) is 2. The van der Waals surface area contributed by atoms with Crippen LogP contribution in [0, 0.1) is 0 Å². The number of piperidine rings is 1. The molecule has 0 aliphatic carbocycles. The second-order valence-corrected chi connectivity index (χ2v) is 9.72. The highest BCUT2D eigenvalue weighted by Gasteiger charge is 2.38. The van der Waals surface area contributed by atoms with E-state index in [1.54, 1.807) is 0 Å². The summed E-state index contributed by atoms with van der Waals surface area (Å²) in [4.78, 5) is 30.7. The third kappa shape index (κ3) is 9.53. The van der Waals surface area contributed by atoms with Gasteiger partial charge in [0.1, 0.15) is 0 Å². The van der Waals surface area contributed by atoms with Crippen LogP contribution in [0.4, 0.5) is 26.3 Å². The fourth-order valence-electron chi connectivity index (χ4n) is 3.82. The van der Waals surface area contributed by atoms with Crippen LogP contribution in [-0.4, -0.2) is 72.1 Å². The van der Waals surface area contributed by atoms with Crippen molar-refractivity contribution in [1.29, 1.82) is 0 Å². The fraction of sp³-hybridized carbons (Fsp3) is 0.320. The van der Waals surface area contributed by atoms with E-state index < -0.39 is 24.3 Å². The summed E-state index contributed by atoms with van der Waals surface area (Å²) in [7, 11) is 0. The zero-order chi connectivity index (χ0) is 30.2. The summed E-state index contributed by atoms with van der Waals surface area (Å²) in [6, 6.07) is 12.5. The van der Waals surface area contributed by atoms with Gasteiger partial charge in [0.15, 0.2) is 11.5 Å². The highest BCUT2D eigenvalue weighted by atomic mass is 32.1. The Labute approximate surface area is 232 Å². The van der Waals surface area contributed by atoms with Crippen molar-refractivity contribution in [2.24, 2.45) is 0 Å². The predicted octanol–water partition coefficient (Wildman–Crippen LogP) is 5.50. The molecule has 5 heterocycles. The minimum Gasteiger partial charge on any atom is -0.475 e. The van der Waals surface area contributed by atoms with Crippen LogP contribution in [0.1, 0.15) is 29.5 Å². The zero-order valence-corrected chi connectivity index (χ0v) is 21.8. The lowest BCUT2D eigenvalue weighted by Gasteiger charge is -2.30. The lowest BCUT2D eigenvalue weighted by atomic mass is 9.97. The van der Waals surface area contributed by atoms with Gasteiger partial charge >= 0.3 is 24.3 Å². The number of thiophene rings is 1. The molecule has 0 bridgehead atoms. The SMILES string of the molecule is O=C(O)C(F)(F)F.O=C(O)C(F)(F)F.c1csc(CN2CCCC(c3nc4ccc(-c5ccncc5)cn4n3)C2)c1. The van der Waals surface area contributed by atoms with Crippen molar-refractivity contribution in [1.82, 2.24) is 24.5 Å². The monoisotopic (exact) mass is 603 g/mol. The Kier molecular flexibility index (Phi) is 10.4. The Balaban J connectivity index is 0.000000276. The molecule has 1 saturated heterocycles. The van der Waals surface area contributed by atoms with Gasteiger partial charge in [-0.25, -0.2) is 19.1 Å². The number of nitrogens with zero attached hydrogens (tertiary/aromatic N) is 5. The number of likely N-dealkylation sites (tertiary alicyclic amines) is 1. The molecule has 1 fully saturated rings. The molecule has 5 rings (SSSR count). The molecule has 4 aromatic heterocycles. The Hall–Kier alpha value is -4.05.